The van der Waals surface area contributed by atoms with Crippen LogP contribution in [0.1, 0.15) is 39.9 Å². The van der Waals surface area contributed by atoms with Gasteiger partial charge in [0.25, 0.3) is 5.56 Å². The number of aryl methyl sites for hydroxylation is 2. The van der Waals surface area contributed by atoms with E-state index in [2.05, 4.69) is 6.58 Å². The van der Waals surface area contributed by atoms with E-state index < -0.39 is 0 Å². The van der Waals surface area contributed by atoms with E-state index in [1.54, 1.807) is 15.9 Å². The Hall–Kier alpha value is -2.22. The number of ketones is 1. The van der Waals surface area contributed by atoms with E-state index in [0.717, 1.165) is 50.0 Å². The highest BCUT2D eigenvalue weighted by Gasteiger charge is 2.23. The number of hydrogen-bond acceptors (Lipinski definition) is 6. The van der Waals surface area contributed by atoms with Crippen molar-refractivity contribution in [3.05, 3.63) is 68.2 Å². The van der Waals surface area contributed by atoms with Crippen molar-refractivity contribution in [2.45, 2.75) is 44.3 Å². The molecule has 31 heavy (non-hydrogen) atoms. The smallest absolute Gasteiger partial charge is 0.263 e. The van der Waals surface area contributed by atoms with E-state index in [9.17, 15) is 9.59 Å². The van der Waals surface area contributed by atoms with Crippen LogP contribution < -0.4 is 5.56 Å². The van der Waals surface area contributed by atoms with Crippen LogP contribution in [0.2, 0.25) is 0 Å². The molecule has 1 aliphatic carbocycles. The number of fused-ring (bicyclic) bond motifs is 4. The summed E-state index contributed by atoms with van der Waals surface area (Å²) in [5, 5.41) is 2.47. The minimum atomic E-state index is 0.00390. The van der Waals surface area contributed by atoms with Crippen molar-refractivity contribution in [3.8, 4) is 0 Å². The highest BCUT2D eigenvalue weighted by molar-refractivity contribution is 7.99. The Labute approximate surface area is 192 Å². The van der Waals surface area contributed by atoms with Crippen molar-refractivity contribution in [1.29, 1.82) is 0 Å². The van der Waals surface area contributed by atoms with Crippen molar-refractivity contribution in [2.24, 2.45) is 0 Å². The van der Waals surface area contributed by atoms with Crippen molar-refractivity contribution in [1.82, 2.24) is 9.55 Å². The van der Waals surface area contributed by atoms with E-state index in [1.807, 2.05) is 37.3 Å². The van der Waals surface area contributed by atoms with Gasteiger partial charge >= 0.3 is 0 Å². The Kier molecular flexibility index (Phi) is 5.58. The summed E-state index contributed by atoms with van der Waals surface area (Å²) in [5.41, 5.74) is 2.09. The lowest BCUT2D eigenvalue weighted by Gasteiger charge is -2.13. The first-order valence-corrected chi connectivity index (χ1v) is 13.0. The molecule has 1 aliphatic rings. The minimum Gasteiger partial charge on any atom is -0.292 e. The molecule has 0 radical (unpaired) electrons. The van der Waals surface area contributed by atoms with Crippen LogP contribution in [0.15, 0.2) is 52.4 Å². The molecular formula is C24H22N2O2S3. The van der Waals surface area contributed by atoms with Gasteiger partial charge in [-0.15, -0.1) is 22.7 Å². The van der Waals surface area contributed by atoms with E-state index in [1.165, 1.54) is 40.0 Å². The number of Topliss-reactive ketones (excluding diaryl/α,β-unsaturated/α-hetero) is 1. The number of thioether (sulfide) groups is 1. The maximum absolute atomic E-state index is 13.4. The van der Waals surface area contributed by atoms with Crippen molar-refractivity contribution in [3.63, 3.8) is 0 Å². The van der Waals surface area contributed by atoms with Gasteiger partial charge in [-0.2, -0.15) is 0 Å². The van der Waals surface area contributed by atoms with E-state index in [0.29, 0.717) is 11.7 Å². The Morgan fingerprint density at radius 2 is 2.03 bits per heavy atom. The normalized spacial score (nSPS) is 13.6. The van der Waals surface area contributed by atoms with Crippen LogP contribution in [0.5, 0.6) is 0 Å². The van der Waals surface area contributed by atoms with Gasteiger partial charge in [-0.3, -0.25) is 14.2 Å². The summed E-state index contributed by atoms with van der Waals surface area (Å²) >= 11 is 4.51. The number of rotatable bonds is 6. The zero-order chi connectivity index (χ0) is 21.5. The quantitative estimate of drug-likeness (QED) is 0.149. The second-order valence-corrected chi connectivity index (χ2v) is 11.1. The average Bonchev–Trinajstić information content (AvgIpc) is 3.35. The molecule has 0 saturated carbocycles. The molecule has 0 spiro atoms. The van der Waals surface area contributed by atoms with Crippen LogP contribution in [-0.4, -0.2) is 21.1 Å². The summed E-state index contributed by atoms with van der Waals surface area (Å²) in [4.78, 5) is 34.0. The molecule has 0 fully saturated rings. The topological polar surface area (TPSA) is 52.0 Å². The van der Waals surface area contributed by atoms with E-state index in [-0.39, 0.29) is 17.1 Å². The predicted octanol–water partition coefficient (Wildman–Crippen LogP) is 6.10. The molecule has 4 nitrogen and oxygen atoms in total. The van der Waals surface area contributed by atoms with Gasteiger partial charge < -0.3 is 0 Å². The molecule has 0 aliphatic heterocycles. The molecule has 3 heterocycles. The number of thiophene rings is 2. The summed E-state index contributed by atoms with van der Waals surface area (Å²) < 4.78 is 2.81. The van der Waals surface area contributed by atoms with Crippen molar-refractivity contribution < 1.29 is 4.79 Å². The van der Waals surface area contributed by atoms with Crippen molar-refractivity contribution in [2.75, 3.05) is 5.75 Å². The van der Waals surface area contributed by atoms with Gasteiger partial charge in [0.15, 0.2) is 10.9 Å². The molecule has 1 aromatic carbocycles. The number of benzene rings is 1. The first-order valence-electron chi connectivity index (χ1n) is 10.4. The maximum atomic E-state index is 13.4. The van der Waals surface area contributed by atoms with Gasteiger partial charge in [0.05, 0.1) is 16.0 Å². The highest BCUT2D eigenvalue weighted by Crippen LogP contribution is 2.35. The predicted molar refractivity (Wildman–Crippen MR) is 132 cm³/mol. The van der Waals surface area contributed by atoms with E-state index in [4.69, 9.17) is 4.98 Å². The largest absolute Gasteiger partial charge is 0.292 e. The highest BCUT2D eigenvalue weighted by atomic mass is 32.2. The third-order valence-corrected chi connectivity index (χ3v) is 8.82. The molecule has 4 aromatic rings. The molecule has 0 bridgehead atoms. The van der Waals surface area contributed by atoms with Crippen LogP contribution in [0.4, 0.5) is 0 Å². The molecule has 158 valence electrons. The lowest BCUT2D eigenvalue weighted by Crippen LogP contribution is -2.24. The second-order valence-electron chi connectivity index (χ2n) is 7.99. The molecule has 0 saturated heterocycles. The SMILES string of the molecule is C=C(C)Cn1c(SCC(=O)c2cc3ccccc3s2)nc2sc3c(c2c1=O)CCCC3. The molecular weight excluding hydrogens is 444 g/mol. The molecule has 0 amide bonds. The van der Waals surface area contributed by atoms with Crippen molar-refractivity contribution >= 4 is 60.5 Å². The number of aromatic nitrogens is 2. The number of hydrogen-bond donors (Lipinski definition) is 0. The van der Waals surface area contributed by atoms with Gasteiger partial charge in [-0.1, -0.05) is 42.1 Å². The molecule has 3 aromatic heterocycles. The van der Waals surface area contributed by atoms with Crippen LogP contribution in [0, 0.1) is 0 Å². The second kappa shape index (κ2) is 8.37. The van der Waals surface area contributed by atoms with Crippen LogP contribution in [-0.2, 0) is 19.4 Å². The fourth-order valence-corrected chi connectivity index (χ4v) is 7.34. The minimum absolute atomic E-state index is 0.00390. The zero-order valence-electron chi connectivity index (χ0n) is 17.3. The standard InChI is InChI=1S/C24H22N2O2S3/c1-14(2)12-26-23(28)21-16-8-4-6-10-19(16)31-22(21)25-24(26)29-13-17(27)20-11-15-7-3-5-9-18(15)30-20/h3,5,7,9,11H,1,4,6,8,10,12-13H2,2H3. The van der Waals surface area contributed by atoms with Crippen LogP contribution in [0.3, 0.4) is 0 Å². The maximum Gasteiger partial charge on any atom is 0.263 e. The Bertz CT molecular complexity index is 1360. The van der Waals surface area contributed by atoms with Crippen LogP contribution in [0.25, 0.3) is 20.3 Å². The summed E-state index contributed by atoms with van der Waals surface area (Å²) in [7, 11) is 0. The molecule has 0 atom stereocenters. The summed E-state index contributed by atoms with van der Waals surface area (Å²) in [6.07, 6.45) is 4.28. The Balaban J connectivity index is 1.49. The lowest BCUT2D eigenvalue weighted by molar-refractivity contribution is 0.102. The monoisotopic (exact) mass is 466 g/mol. The number of carbonyl (C=O) groups excluding carboxylic acids is 1. The first kappa shape index (κ1) is 20.7. The van der Waals surface area contributed by atoms with Gasteiger partial charge in [-0.25, -0.2) is 4.98 Å². The zero-order valence-corrected chi connectivity index (χ0v) is 19.7. The van der Waals surface area contributed by atoms with Gasteiger partial charge in [0.1, 0.15) is 4.83 Å². The molecule has 7 heteroatoms. The number of nitrogens with zero attached hydrogens (tertiary/aromatic N) is 2. The van der Waals surface area contributed by atoms with Gasteiger partial charge in [-0.05, 0) is 55.7 Å². The summed E-state index contributed by atoms with van der Waals surface area (Å²) in [6, 6.07) is 9.97. The first-order chi connectivity index (χ1) is 15.0. The summed E-state index contributed by atoms with van der Waals surface area (Å²) in [6.45, 7) is 6.33. The molecule has 0 N–H and O–H groups in total. The number of carbonyl (C=O) groups is 1. The summed E-state index contributed by atoms with van der Waals surface area (Å²) in [5.74, 6) is 0.319. The fraction of sp³-hybridized carbons (Fsp3) is 0.292. The Morgan fingerprint density at radius 3 is 2.84 bits per heavy atom. The Morgan fingerprint density at radius 1 is 1.23 bits per heavy atom. The fourth-order valence-electron chi connectivity index (χ4n) is 4.06. The average molecular weight is 467 g/mol. The van der Waals surface area contributed by atoms with Gasteiger partial charge in [0.2, 0.25) is 0 Å². The lowest BCUT2D eigenvalue weighted by atomic mass is 9.97. The third kappa shape index (κ3) is 3.90. The van der Waals surface area contributed by atoms with E-state index >= 15 is 0 Å². The number of allylic oxidation sites excluding steroid dienone is 1. The van der Waals surface area contributed by atoms with Crippen LogP contribution >= 0.6 is 34.4 Å². The molecule has 5 rings (SSSR count). The molecule has 0 unspecified atom stereocenters. The third-order valence-electron chi connectivity index (χ3n) is 5.50. The van der Waals surface area contributed by atoms with Gasteiger partial charge in [0, 0.05) is 16.1 Å².